The molecule has 0 aromatic carbocycles. The quantitative estimate of drug-likeness (QED) is 0.456. The minimum Gasteiger partial charge on any atom is -0.622 e. The molecule has 13 heavy (non-hydrogen) atoms. The Bertz CT molecular complexity index is 262. The van der Waals surface area contributed by atoms with E-state index in [0.717, 1.165) is 18.6 Å². The first kappa shape index (κ1) is 9.00. The summed E-state index contributed by atoms with van der Waals surface area (Å²) in [6.07, 6.45) is 4.35. The van der Waals surface area contributed by atoms with Crippen LogP contribution in [-0.4, -0.2) is 21.7 Å². The Kier molecular flexibility index (Phi) is 1.71. The average molecular weight is 182 g/mol. The molecule has 1 aliphatic carbocycles. The Morgan fingerprint density at radius 2 is 1.85 bits per heavy atom. The van der Waals surface area contributed by atoms with E-state index in [1.807, 2.05) is 6.92 Å². The van der Waals surface area contributed by atoms with Gasteiger partial charge in [0, 0.05) is 19.8 Å². The third-order valence-electron chi connectivity index (χ3n) is 3.57. The summed E-state index contributed by atoms with van der Waals surface area (Å²) in [4.78, 5) is 0. The second kappa shape index (κ2) is 2.47. The molecule has 3 nitrogen and oxygen atoms in total. The lowest BCUT2D eigenvalue weighted by atomic mass is 10.00. The molecular formula is C10H18N2O. The van der Waals surface area contributed by atoms with Gasteiger partial charge in [-0.1, -0.05) is 0 Å². The first-order valence-corrected chi connectivity index (χ1v) is 5.09. The number of hydroxylamine groups is 1. The van der Waals surface area contributed by atoms with Crippen LogP contribution >= 0.6 is 0 Å². The van der Waals surface area contributed by atoms with Crippen molar-refractivity contribution in [1.29, 1.82) is 0 Å². The van der Waals surface area contributed by atoms with Gasteiger partial charge in [-0.15, -0.1) is 0 Å². The van der Waals surface area contributed by atoms with Gasteiger partial charge in [0.1, 0.15) is 0 Å². The summed E-state index contributed by atoms with van der Waals surface area (Å²) in [5.41, 5.74) is 0.550. The number of nitrogens with zero attached hydrogens (tertiary/aromatic N) is 1. The van der Waals surface area contributed by atoms with Gasteiger partial charge < -0.3 is 5.21 Å². The molecule has 1 N–H and O–H groups in total. The lowest BCUT2D eigenvalue weighted by molar-refractivity contribution is -0.546. The highest BCUT2D eigenvalue weighted by molar-refractivity contribution is 5.87. The molecule has 1 aliphatic heterocycles. The van der Waals surface area contributed by atoms with Gasteiger partial charge in [0.15, 0.2) is 5.71 Å². The minimum absolute atomic E-state index is 0.119. The van der Waals surface area contributed by atoms with Crippen LogP contribution in [0, 0.1) is 5.21 Å². The molecule has 2 rings (SSSR count). The smallest absolute Gasteiger partial charge is 0.227 e. The van der Waals surface area contributed by atoms with E-state index >= 15 is 0 Å². The van der Waals surface area contributed by atoms with E-state index in [2.05, 4.69) is 19.2 Å². The standard InChI is InChI=1S/C10H18N2O/c1-8-9(2,3)11-10(12(8)13)6-4-5-7-10/h11H,4-7H2,1-3H3. The van der Waals surface area contributed by atoms with Crippen LogP contribution in [0.4, 0.5) is 0 Å². The van der Waals surface area contributed by atoms with Crippen molar-refractivity contribution in [3.63, 3.8) is 0 Å². The van der Waals surface area contributed by atoms with Crippen molar-refractivity contribution >= 4 is 5.71 Å². The van der Waals surface area contributed by atoms with E-state index in [1.165, 1.54) is 17.6 Å². The van der Waals surface area contributed by atoms with Crippen molar-refractivity contribution < 1.29 is 4.74 Å². The van der Waals surface area contributed by atoms with Crippen LogP contribution in [0.25, 0.3) is 0 Å². The predicted molar refractivity (Wildman–Crippen MR) is 52.7 cm³/mol. The van der Waals surface area contributed by atoms with Crippen molar-refractivity contribution in [3.05, 3.63) is 5.21 Å². The highest BCUT2D eigenvalue weighted by Crippen LogP contribution is 2.36. The van der Waals surface area contributed by atoms with Crippen LogP contribution in [0.5, 0.6) is 0 Å². The summed E-state index contributed by atoms with van der Waals surface area (Å²) in [6.45, 7) is 6.10. The third kappa shape index (κ3) is 1.10. The normalized spacial score (nSPS) is 30.4. The van der Waals surface area contributed by atoms with Crippen molar-refractivity contribution in [2.45, 2.75) is 57.7 Å². The molecule has 0 unspecified atom stereocenters. The molecule has 0 saturated heterocycles. The Labute approximate surface area is 79.4 Å². The molecule has 0 bridgehead atoms. The first-order chi connectivity index (χ1) is 5.98. The molecule has 1 spiro atoms. The summed E-state index contributed by atoms with van der Waals surface area (Å²) in [6, 6.07) is 0. The summed E-state index contributed by atoms with van der Waals surface area (Å²) >= 11 is 0. The zero-order valence-corrected chi connectivity index (χ0v) is 8.68. The Morgan fingerprint density at radius 3 is 2.23 bits per heavy atom. The van der Waals surface area contributed by atoms with Crippen molar-refractivity contribution in [2.24, 2.45) is 0 Å². The second-order valence-electron chi connectivity index (χ2n) is 4.87. The number of rotatable bonds is 0. The first-order valence-electron chi connectivity index (χ1n) is 5.09. The topological polar surface area (TPSA) is 38.1 Å². The zero-order chi connectivity index (χ0) is 9.69. The van der Waals surface area contributed by atoms with Crippen molar-refractivity contribution in [2.75, 3.05) is 0 Å². The predicted octanol–water partition coefficient (Wildman–Crippen LogP) is 1.61. The molecule has 0 amide bonds. The molecule has 1 saturated carbocycles. The number of nitrogens with one attached hydrogen (secondary N) is 1. The van der Waals surface area contributed by atoms with Gasteiger partial charge in [0.05, 0.1) is 5.54 Å². The van der Waals surface area contributed by atoms with Crippen LogP contribution in [-0.2, 0) is 0 Å². The monoisotopic (exact) mass is 182 g/mol. The fraction of sp³-hybridized carbons (Fsp3) is 0.900. The highest BCUT2D eigenvalue weighted by Gasteiger charge is 2.53. The van der Waals surface area contributed by atoms with Crippen molar-refractivity contribution in [1.82, 2.24) is 5.32 Å². The van der Waals surface area contributed by atoms with Gasteiger partial charge in [-0.25, -0.2) is 5.32 Å². The van der Waals surface area contributed by atoms with E-state index in [1.54, 1.807) is 0 Å². The van der Waals surface area contributed by atoms with Gasteiger partial charge in [0.2, 0.25) is 5.66 Å². The number of hydrogen-bond acceptors (Lipinski definition) is 2. The average Bonchev–Trinajstić information content (AvgIpc) is 2.55. The second-order valence-corrected chi connectivity index (χ2v) is 4.87. The van der Waals surface area contributed by atoms with E-state index in [0.29, 0.717) is 0 Å². The highest BCUT2D eigenvalue weighted by atomic mass is 16.5. The number of hydrogen-bond donors (Lipinski definition) is 1. The van der Waals surface area contributed by atoms with Crippen LogP contribution in [0.3, 0.4) is 0 Å². The molecule has 0 atom stereocenters. The molecule has 0 radical (unpaired) electrons. The van der Waals surface area contributed by atoms with Gasteiger partial charge in [-0.3, -0.25) is 0 Å². The van der Waals surface area contributed by atoms with Crippen LogP contribution in [0.2, 0.25) is 0 Å². The van der Waals surface area contributed by atoms with Crippen LogP contribution < -0.4 is 5.32 Å². The summed E-state index contributed by atoms with van der Waals surface area (Å²) in [5.74, 6) is 0. The van der Waals surface area contributed by atoms with Crippen LogP contribution in [0.15, 0.2) is 0 Å². The lowest BCUT2D eigenvalue weighted by Gasteiger charge is -2.25. The molecule has 0 aromatic rings. The molecule has 1 heterocycles. The van der Waals surface area contributed by atoms with Crippen LogP contribution in [0.1, 0.15) is 46.5 Å². The fourth-order valence-electron chi connectivity index (χ4n) is 2.59. The zero-order valence-electron chi connectivity index (χ0n) is 8.68. The van der Waals surface area contributed by atoms with E-state index in [-0.39, 0.29) is 11.2 Å². The maximum absolute atomic E-state index is 12.0. The molecular weight excluding hydrogens is 164 g/mol. The van der Waals surface area contributed by atoms with E-state index in [4.69, 9.17) is 0 Å². The Hall–Kier alpha value is -0.570. The van der Waals surface area contributed by atoms with Crippen molar-refractivity contribution in [3.8, 4) is 0 Å². The Morgan fingerprint density at radius 1 is 1.31 bits per heavy atom. The summed E-state index contributed by atoms with van der Waals surface area (Å²) < 4.78 is 1.22. The fourth-order valence-corrected chi connectivity index (χ4v) is 2.59. The van der Waals surface area contributed by atoms with Gasteiger partial charge in [-0.05, 0) is 26.7 Å². The molecule has 0 aromatic heterocycles. The molecule has 3 heteroatoms. The lowest BCUT2D eigenvalue weighted by Crippen LogP contribution is -2.51. The molecule has 74 valence electrons. The van der Waals surface area contributed by atoms with E-state index < -0.39 is 0 Å². The largest absolute Gasteiger partial charge is 0.622 e. The summed E-state index contributed by atoms with van der Waals surface area (Å²) in [5, 5.41) is 15.4. The Balaban J connectivity index is 2.37. The van der Waals surface area contributed by atoms with Gasteiger partial charge in [0.25, 0.3) is 0 Å². The molecule has 1 fully saturated rings. The SMILES string of the molecule is CC1=[N+]([O-])C2(CCCC2)NC1(C)C. The maximum atomic E-state index is 12.0. The minimum atomic E-state index is -0.256. The van der Waals surface area contributed by atoms with Gasteiger partial charge >= 0.3 is 0 Å². The van der Waals surface area contributed by atoms with Gasteiger partial charge in [-0.2, -0.15) is 4.74 Å². The summed E-state index contributed by atoms with van der Waals surface area (Å²) in [7, 11) is 0. The third-order valence-corrected chi connectivity index (χ3v) is 3.57. The molecule has 2 aliphatic rings. The maximum Gasteiger partial charge on any atom is 0.227 e. The van der Waals surface area contributed by atoms with E-state index in [9.17, 15) is 5.21 Å².